The van der Waals surface area contributed by atoms with Gasteiger partial charge in [0.05, 0.1) is 25.5 Å². The second-order valence-corrected chi connectivity index (χ2v) is 16.9. The summed E-state index contributed by atoms with van der Waals surface area (Å²) in [5, 5.41) is -0.101. The summed E-state index contributed by atoms with van der Waals surface area (Å²) in [4.78, 5) is 36.1. The average Bonchev–Trinajstić information content (AvgIpc) is 3.87. The number of esters is 1. The van der Waals surface area contributed by atoms with Crippen LogP contribution in [0.25, 0.3) is 0 Å². The normalized spacial score (nSPS) is 14.1. The summed E-state index contributed by atoms with van der Waals surface area (Å²) in [6, 6.07) is 27.7. The standard InChI is InChI=1S/C40H48N4O7S/c1-38(2,3)50-36(45)27-44(37(46)51-39(4,5)6)34-16-12-15-33(42-34)26-43(52(47,48)35-17-10-11-24-41-35)25-30-18-20-32(21-19-30)40(22-23-40)29-49-28-31-13-8-7-9-14-31/h7-21,24H,22-23,25-29H2,1-6H3. The van der Waals surface area contributed by atoms with Gasteiger partial charge in [0.1, 0.15) is 23.6 Å². The number of hydrogen-bond acceptors (Lipinski definition) is 9. The number of sulfonamides is 1. The number of benzene rings is 2. The van der Waals surface area contributed by atoms with Crippen molar-refractivity contribution in [2.75, 3.05) is 18.1 Å². The first kappa shape index (κ1) is 38.6. The minimum Gasteiger partial charge on any atom is -0.459 e. The Labute approximate surface area is 307 Å². The quantitative estimate of drug-likeness (QED) is 0.124. The van der Waals surface area contributed by atoms with Gasteiger partial charge in [-0.05, 0) is 95.3 Å². The fourth-order valence-corrected chi connectivity index (χ4v) is 6.91. The van der Waals surface area contributed by atoms with E-state index in [4.69, 9.17) is 14.2 Å². The van der Waals surface area contributed by atoms with Crippen LogP contribution in [0.1, 0.15) is 76.8 Å². The molecule has 1 amide bonds. The zero-order chi connectivity index (χ0) is 37.6. The maximum absolute atomic E-state index is 14.0. The number of pyridine rings is 2. The van der Waals surface area contributed by atoms with Crippen LogP contribution in [0.4, 0.5) is 10.6 Å². The van der Waals surface area contributed by atoms with E-state index in [9.17, 15) is 18.0 Å². The van der Waals surface area contributed by atoms with E-state index in [1.807, 2.05) is 54.6 Å². The van der Waals surface area contributed by atoms with Crippen molar-refractivity contribution in [2.24, 2.45) is 0 Å². The van der Waals surface area contributed by atoms with Crippen molar-refractivity contribution in [3.05, 3.63) is 120 Å². The molecule has 4 aromatic rings. The Hall–Kier alpha value is -4.65. The van der Waals surface area contributed by atoms with Crippen LogP contribution in [-0.4, -0.2) is 59.1 Å². The highest BCUT2D eigenvalue weighted by atomic mass is 32.2. The molecule has 1 aliphatic carbocycles. The van der Waals surface area contributed by atoms with Gasteiger partial charge >= 0.3 is 12.1 Å². The lowest BCUT2D eigenvalue weighted by Gasteiger charge is -2.28. The second-order valence-electron chi connectivity index (χ2n) is 15.0. The number of amides is 1. The molecule has 0 radical (unpaired) electrons. The molecule has 1 fully saturated rings. The first-order chi connectivity index (χ1) is 24.5. The fourth-order valence-electron chi connectivity index (χ4n) is 5.58. The van der Waals surface area contributed by atoms with Crippen molar-refractivity contribution in [2.45, 2.75) is 95.7 Å². The second kappa shape index (κ2) is 15.9. The van der Waals surface area contributed by atoms with Crippen molar-refractivity contribution in [1.82, 2.24) is 14.3 Å². The van der Waals surface area contributed by atoms with Crippen molar-refractivity contribution < 1.29 is 32.2 Å². The van der Waals surface area contributed by atoms with Gasteiger partial charge in [-0.3, -0.25) is 9.69 Å². The molecular weight excluding hydrogens is 681 g/mol. The maximum Gasteiger partial charge on any atom is 0.416 e. The highest BCUT2D eigenvalue weighted by Gasteiger charge is 2.44. The molecule has 2 heterocycles. The number of carbonyl (C=O) groups excluding carboxylic acids is 2. The number of nitrogens with zero attached hydrogens (tertiary/aromatic N) is 4. The zero-order valence-electron chi connectivity index (χ0n) is 30.7. The number of rotatable bonds is 14. The summed E-state index contributed by atoms with van der Waals surface area (Å²) in [7, 11) is -4.09. The molecule has 0 atom stereocenters. The lowest BCUT2D eigenvalue weighted by Crippen LogP contribution is -2.42. The van der Waals surface area contributed by atoms with E-state index in [1.54, 1.807) is 71.9 Å². The van der Waals surface area contributed by atoms with Crippen molar-refractivity contribution >= 4 is 27.9 Å². The van der Waals surface area contributed by atoms with Gasteiger partial charge in [-0.1, -0.05) is 66.7 Å². The van der Waals surface area contributed by atoms with Crippen molar-refractivity contribution in [1.29, 1.82) is 0 Å². The number of ether oxygens (including phenoxy) is 3. The molecule has 0 spiro atoms. The Morgan fingerprint density at radius 1 is 0.769 bits per heavy atom. The minimum atomic E-state index is -4.09. The number of aromatic nitrogens is 2. The van der Waals surface area contributed by atoms with Crippen LogP contribution in [0.5, 0.6) is 0 Å². The van der Waals surface area contributed by atoms with Crippen LogP contribution in [0.15, 0.2) is 102 Å². The van der Waals surface area contributed by atoms with E-state index in [2.05, 4.69) is 9.97 Å². The Morgan fingerprint density at radius 3 is 2.06 bits per heavy atom. The molecule has 0 aliphatic heterocycles. The van der Waals surface area contributed by atoms with Crippen LogP contribution < -0.4 is 4.90 Å². The molecule has 52 heavy (non-hydrogen) atoms. The van der Waals surface area contributed by atoms with E-state index in [0.717, 1.165) is 34.4 Å². The fraction of sp³-hybridized carbons (Fsp3) is 0.400. The van der Waals surface area contributed by atoms with Crippen LogP contribution in [-0.2, 0) is 54.1 Å². The van der Waals surface area contributed by atoms with E-state index >= 15 is 0 Å². The molecule has 11 nitrogen and oxygen atoms in total. The van der Waals surface area contributed by atoms with Crippen LogP contribution >= 0.6 is 0 Å². The Bertz CT molecular complexity index is 1920. The van der Waals surface area contributed by atoms with E-state index in [-0.39, 0.29) is 29.3 Å². The lowest BCUT2D eigenvalue weighted by molar-refractivity contribution is -0.153. The number of hydrogen-bond donors (Lipinski definition) is 0. The zero-order valence-corrected chi connectivity index (χ0v) is 31.6. The van der Waals surface area contributed by atoms with Gasteiger partial charge < -0.3 is 14.2 Å². The SMILES string of the molecule is CC(C)(C)OC(=O)CN(C(=O)OC(C)(C)C)c1cccc(CN(Cc2ccc(C3(COCc4ccccc4)CC3)cc2)S(=O)(=O)c2ccccn2)n1. The molecular formula is C40H48N4O7S. The van der Waals surface area contributed by atoms with Crippen molar-refractivity contribution in [3.8, 4) is 0 Å². The predicted octanol–water partition coefficient (Wildman–Crippen LogP) is 7.20. The molecule has 12 heteroatoms. The molecule has 0 bridgehead atoms. The molecule has 5 rings (SSSR count). The predicted molar refractivity (Wildman–Crippen MR) is 198 cm³/mol. The highest BCUT2D eigenvalue weighted by Crippen LogP contribution is 2.48. The third-order valence-electron chi connectivity index (χ3n) is 8.24. The molecule has 0 N–H and O–H groups in total. The van der Waals surface area contributed by atoms with Gasteiger partial charge in [-0.2, -0.15) is 4.31 Å². The van der Waals surface area contributed by atoms with E-state index in [0.29, 0.717) is 18.9 Å². The largest absolute Gasteiger partial charge is 0.459 e. The van der Waals surface area contributed by atoms with E-state index in [1.165, 1.54) is 16.6 Å². The third kappa shape index (κ3) is 10.7. The van der Waals surface area contributed by atoms with Gasteiger partial charge in [0.25, 0.3) is 10.0 Å². The molecule has 0 unspecified atom stereocenters. The van der Waals surface area contributed by atoms with Gasteiger partial charge in [0.2, 0.25) is 0 Å². The summed E-state index contributed by atoms with van der Waals surface area (Å²) in [6.45, 7) is 11.0. The first-order valence-electron chi connectivity index (χ1n) is 17.3. The summed E-state index contributed by atoms with van der Waals surface area (Å²) in [5.41, 5.74) is 1.74. The summed E-state index contributed by atoms with van der Waals surface area (Å²) in [5.74, 6) is -0.537. The summed E-state index contributed by atoms with van der Waals surface area (Å²) < 4.78 is 46.6. The molecule has 1 saturated carbocycles. The number of anilines is 1. The van der Waals surface area contributed by atoms with Gasteiger partial charge in [-0.15, -0.1) is 0 Å². The summed E-state index contributed by atoms with van der Waals surface area (Å²) >= 11 is 0. The molecule has 2 aromatic carbocycles. The minimum absolute atomic E-state index is 0.0380. The van der Waals surface area contributed by atoms with Crippen LogP contribution in [0.2, 0.25) is 0 Å². The van der Waals surface area contributed by atoms with Gasteiger partial charge in [0, 0.05) is 18.2 Å². The molecule has 1 aliphatic rings. The van der Waals surface area contributed by atoms with Crippen LogP contribution in [0, 0.1) is 0 Å². The maximum atomic E-state index is 14.0. The monoisotopic (exact) mass is 728 g/mol. The van der Waals surface area contributed by atoms with Crippen LogP contribution in [0.3, 0.4) is 0 Å². The Balaban J connectivity index is 1.38. The third-order valence-corrected chi connectivity index (χ3v) is 9.95. The first-order valence-corrected chi connectivity index (χ1v) is 18.8. The average molecular weight is 729 g/mol. The topological polar surface area (TPSA) is 128 Å². The molecule has 2 aromatic heterocycles. The van der Waals surface area contributed by atoms with E-state index < -0.39 is 39.8 Å². The molecule has 0 saturated heterocycles. The number of carbonyl (C=O) groups is 2. The Morgan fingerprint density at radius 2 is 1.44 bits per heavy atom. The molecule has 276 valence electrons. The highest BCUT2D eigenvalue weighted by molar-refractivity contribution is 7.89. The lowest BCUT2D eigenvalue weighted by atomic mass is 9.96. The van der Waals surface area contributed by atoms with Crippen molar-refractivity contribution in [3.63, 3.8) is 0 Å². The smallest absolute Gasteiger partial charge is 0.416 e. The van der Waals surface area contributed by atoms with Gasteiger partial charge in [-0.25, -0.2) is 23.2 Å². The Kier molecular flexibility index (Phi) is 11.8. The summed E-state index contributed by atoms with van der Waals surface area (Å²) in [6.07, 6.45) is 2.69. The van der Waals surface area contributed by atoms with Gasteiger partial charge in [0.15, 0.2) is 5.03 Å².